The Morgan fingerprint density at radius 1 is 1.60 bits per heavy atom. The summed E-state index contributed by atoms with van der Waals surface area (Å²) in [5.74, 6) is -0.887. The largest absolute Gasteiger partial charge is 1.00 e. The number of esters is 1. The molecule has 2 N–H and O–H groups in total. The number of nitrogens with two attached hydrogens (primary N) is 1. The summed E-state index contributed by atoms with van der Waals surface area (Å²) in [5.41, 5.74) is 3.42. The minimum atomic E-state index is -4.59. The molecular formula is C7H12NNaO5S. The van der Waals surface area contributed by atoms with Gasteiger partial charge in [-0.15, -0.1) is 0 Å². The summed E-state index contributed by atoms with van der Waals surface area (Å²) in [6, 6.07) is 0. The maximum atomic E-state index is 10.8. The summed E-state index contributed by atoms with van der Waals surface area (Å²) in [4.78, 5) is 10.8. The molecular weight excluding hydrogens is 233 g/mol. The van der Waals surface area contributed by atoms with E-state index in [-0.39, 0.29) is 42.5 Å². The van der Waals surface area contributed by atoms with Gasteiger partial charge in [0.25, 0.3) is 0 Å². The van der Waals surface area contributed by atoms with E-state index in [1.807, 2.05) is 0 Å². The average Bonchev–Trinajstić information content (AvgIpc) is 2.08. The van der Waals surface area contributed by atoms with Crippen LogP contribution in [0.15, 0.2) is 12.2 Å². The molecule has 82 valence electrons. The molecule has 0 aromatic rings. The molecule has 0 aromatic heterocycles. The van der Waals surface area contributed by atoms with Crippen LogP contribution in [0.4, 0.5) is 0 Å². The fourth-order valence-electron chi connectivity index (χ4n) is 0.679. The molecule has 0 saturated heterocycles. The van der Waals surface area contributed by atoms with Gasteiger partial charge in [-0.3, -0.25) is 0 Å². The zero-order chi connectivity index (χ0) is 11.2. The number of carbonyl (C=O) groups is 1. The first-order valence-electron chi connectivity index (χ1n) is 3.93. The molecule has 0 heterocycles. The first-order chi connectivity index (χ1) is 6.41. The Kier molecular flexibility index (Phi) is 9.62. The molecule has 0 saturated carbocycles. The van der Waals surface area contributed by atoms with Gasteiger partial charge in [-0.1, -0.05) is 13.0 Å². The summed E-state index contributed by atoms with van der Waals surface area (Å²) in [7, 11) is -4.59. The fraction of sp³-hybridized carbons (Fsp3) is 0.571. The van der Waals surface area contributed by atoms with Crippen molar-refractivity contribution in [2.75, 3.05) is 6.54 Å². The maximum Gasteiger partial charge on any atom is 1.00 e. The van der Waals surface area contributed by atoms with Crippen LogP contribution in [-0.4, -0.2) is 30.9 Å². The molecule has 0 aromatic carbocycles. The van der Waals surface area contributed by atoms with Crippen molar-refractivity contribution in [3.63, 3.8) is 0 Å². The van der Waals surface area contributed by atoms with Crippen LogP contribution in [0, 0.1) is 0 Å². The van der Waals surface area contributed by atoms with Crippen molar-refractivity contribution in [2.24, 2.45) is 5.73 Å². The van der Waals surface area contributed by atoms with Gasteiger partial charge >= 0.3 is 35.5 Å². The fourth-order valence-corrected chi connectivity index (χ4v) is 1.30. The van der Waals surface area contributed by atoms with Gasteiger partial charge in [0.05, 0.1) is 0 Å². The second-order valence-corrected chi connectivity index (χ2v) is 3.92. The molecule has 15 heavy (non-hydrogen) atoms. The molecule has 0 fully saturated rings. The number of carbonyl (C=O) groups excluding carboxylic acids is 1. The average molecular weight is 245 g/mol. The Hall–Kier alpha value is 0.0800. The molecule has 6 nitrogen and oxygen atoms in total. The first kappa shape index (κ1) is 17.5. The van der Waals surface area contributed by atoms with Crippen LogP contribution >= 0.6 is 0 Å². The summed E-state index contributed by atoms with van der Waals surface area (Å²) in [6.45, 7) is 1.57. The van der Waals surface area contributed by atoms with E-state index in [2.05, 4.69) is 4.74 Å². The van der Waals surface area contributed by atoms with E-state index >= 15 is 0 Å². The summed E-state index contributed by atoms with van der Waals surface area (Å²) < 4.78 is 35.9. The van der Waals surface area contributed by atoms with Crippen molar-refractivity contribution in [1.82, 2.24) is 0 Å². The maximum absolute atomic E-state index is 10.8. The topological polar surface area (TPSA) is 110 Å². The predicted molar refractivity (Wildman–Crippen MR) is 48.1 cm³/mol. The van der Waals surface area contributed by atoms with Gasteiger partial charge in [-0.25, -0.2) is 13.2 Å². The predicted octanol–water partition coefficient (Wildman–Crippen LogP) is -3.67. The molecule has 0 spiro atoms. The monoisotopic (exact) mass is 245 g/mol. The van der Waals surface area contributed by atoms with Gasteiger partial charge in [0.2, 0.25) is 0 Å². The van der Waals surface area contributed by atoms with Crippen LogP contribution in [0.2, 0.25) is 0 Å². The van der Waals surface area contributed by atoms with Crippen molar-refractivity contribution < 1.29 is 52.1 Å². The van der Waals surface area contributed by atoms with Crippen LogP contribution < -0.4 is 35.3 Å². The molecule has 0 bridgehead atoms. The van der Waals surface area contributed by atoms with Crippen LogP contribution in [0.1, 0.15) is 13.3 Å². The van der Waals surface area contributed by atoms with Crippen molar-refractivity contribution in [1.29, 1.82) is 0 Å². The van der Waals surface area contributed by atoms with Gasteiger partial charge in [0, 0.05) is 12.6 Å². The molecule has 0 aliphatic rings. The minimum Gasteiger partial charge on any atom is -0.745 e. The quantitative estimate of drug-likeness (QED) is 0.231. The van der Waals surface area contributed by atoms with Gasteiger partial charge in [-0.05, 0) is 6.42 Å². The van der Waals surface area contributed by atoms with E-state index in [9.17, 15) is 17.8 Å². The van der Waals surface area contributed by atoms with Crippen molar-refractivity contribution in [3.8, 4) is 0 Å². The van der Waals surface area contributed by atoms with Gasteiger partial charge < -0.3 is 15.0 Å². The van der Waals surface area contributed by atoms with Gasteiger partial charge in [-0.2, -0.15) is 0 Å². The summed E-state index contributed by atoms with van der Waals surface area (Å²) in [6.07, 6.45) is 2.20. The van der Waals surface area contributed by atoms with E-state index in [0.717, 1.165) is 6.08 Å². The third-order valence-corrected chi connectivity index (χ3v) is 2.37. The van der Waals surface area contributed by atoms with Crippen LogP contribution in [0.25, 0.3) is 0 Å². The summed E-state index contributed by atoms with van der Waals surface area (Å²) >= 11 is 0. The Morgan fingerprint density at radius 3 is 2.47 bits per heavy atom. The van der Waals surface area contributed by atoms with Crippen molar-refractivity contribution >= 4 is 16.1 Å². The summed E-state index contributed by atoms with van der Waals surface area (Å²) in [5, 5.41) is 0. The van der Waals surface area contributed by atoms with Gasteiger partial charge in [0.1, 0.15) is 10.1 Å². The van der Waals surface area contributed by atoms with Gasteiger partial charge in [0.15, 0.2) is 5.44 Å². The first-order valence-corrected chi connectivity index (χ1v) is 5.40. The Labute approximate surface area is 111 Å². The minimum absolute atomic E-state index is 0. The normalized spacial score (nSPS) is 13.3. The van der Waals surface area contributed by atoms with Crippen molar-refractivity contribution in [2.45, 2.75) is 18.8 Å². The van der Waals surface area contributed by atoms with E-state index in [4.69, 9.17) is 5.73 Å². The van der Waals surface area contributed by atoms with Crippen LogP contribution in [-0.2, 0) is 19.6 Å². The third kappa shape index (κ3) is 7.95. The number of rotatable bonds is 5. The zero-order valence-electron chi connectivity index (χ0n) is 8.67. The molecule has 0 aliphatic heterocycles. The number of hydrogen-bond donors (Lipinski definition) is 1. The number of ether oxygens (including phenoxy) is 1. The molecule has 0 radical (unpaired) electrons. The number of hydrogen-bond acceptors (Lipinski definition) is 6. The van der Waals surface area contributed by atoms with Crippen LogP contribution in [0.3, 0.4) is 0 Å². The Morgan fingerprint density at radius 2 is 2.13 bits per heavy atom. The third-order valence-electron chi connectivity index (χ3n) is 1.29. The molecule has 0 aliphatic carbocycles. The SMILES string of the molecule is CCC(OC(=O)C=CCN)S(=O)(=O)[O-].[Na+]. The van der Waals surface area contributed by atoms with E-state index in [0.29, 0.717) is 0 Å². The molecule has 0 amide bonds. The second kappa shape index (κ2) is 8.26. The zero-order valence-corrected chi connectivity index (χ0v) is 11.5. The van der Waals surface area contributed by atoms with Crippen LogP contribution in [0.5, 0.6) is 0 Å². The smallest absolute Gasteiger partial charge is 0.745 e. The molecule has 8 heteroatoms. The molecule has 0 rings (SSSR count). The van der Waals surface area contributed by atoms with E-state index in [1.54, 1.807) is 0 Å². The second-order valence-electron chi connectivity index (χ2n) is 2.41. The molecule has 1 unspecified atom stereocenters. The van der Waals surface area contributed by atoms with E-state index in [1.165, 1.54) is 13.0 Å². The Bertz CT molecular complexity index is 313. The molecule has 1 atom stereocenters. The van der Waals surface area contributed by atoms with Crippen molar-refractivity contribution in [3.05, 3.63) is 12.2 Å². The van der Waals surface area contributed by atoms with E-state index < -0.39 is 21.5 Å². The standard InChI is InChI=1S/C7H13NO5S.Na/c1-2-7(14(10,11)12)13-6(9)4-3-5-8;/h3-4,7H,2,5,8H2,1H3,(H,10,11,12);/q;+1/p-1. The Balaban J connectivity index is 0.